The SMILES string of the molecule is O=C(Nc1ccon1)N[C@H]1CC(=O)N(c2cccc(F)c2)C1. The number of rotatable bonds is 3. The van der Waals surface area contributed by atoms with Gasteiger partial charge in [-0.3, -0.25) is 10.1 Å². The molecule has 0 radical (unpaired) electrons. The van der Waals surface area contributed by atoms with Crippen LogP contribution in [0.25, 0.3) is 0 Å². The summed E-state index contributed by atoms with van der Waals surface area (Å²) in [5, 5.41) is 8.71. The second-order valence-corrected chi connectivity index (χ2v) is 4.87. The van der Waals surface area contributed by atoms with Crippen LogP contribution in [0.4, 0.5) is 20.7 Å². The summed E-state index contributed by atoms with van der Waals surface area (Å²) in [5.41, 5.74) is 0.478. The quantitative estimate of drug-likeness (QED) is 0.904. The monoisotopic (exact) mass is 304 g/mol. The standard InChI is InChI=1S/C14H13FN4O3/c15-9-2-1-3-11(6-9)19-8-10(7-13(19)20)16-14(21)17-12-4-5-22-18-12/h1-6,10H,7-8H2,(H2,16,17,18,21)/t10-/m0/s1. The number of amides is 3. The molecule has 1 fully saturated rings. The summed E-state index contributed by atoms with van der Waals surface area (Å²) in [6.45, 7) is 0.286. The van der Waals surface area contributed by atoms with Gasteiger partial charge >= 0.3 is 6.03 Å². The Hall–Kier alpha value is -2.90. The molecule has 22 heavy (non-hydrogen) atoms. The van der Waals surface area contributed by atoms with Crippen LogP contribution in [0.15, 0.2) is 41.1 Å². The van der Waals surface area contributed by atoms with Crippen LogP contribution in [0, 0.1) is 5.82 Å². The first-order valence-corrected chi connectivity index (χ1v) is 6.65. The minimum Gasteiger partial charge on any atom is -0.363 e. The van der Waals surface area contributed by atoms with Crippen LogP contribution < -0.4 is 15.5 Å². The van der Waals surface area contributed by atoms with Crippen LogP contribution in [0.2, 0.25) is 0 Å². The number of anilines is 2. The molecule has 0 saturated carbocycles. The highest BCUT2D eigenvalue weighted by Crippen LogP contribution is 2.22. The van der Waals surface area contributed by atoms with Crippen LogP contribution in [-0.2, 0) is 4.79 Å². The molecule has 1 saturated heterocycles. The van der Waals surface area contributed by atoms with Gasteiger partial charge in [0, 0.05) is 24.7 Å². The molecule has 0 unspecified atom stereocenters. The van der Waals surface area contributed by atoms with Gasteiger partial charge in [-0.2, -0.15) is 0 Å². The van der Waals surface area contributed by atoms with Crippen molar-refractivity contribution in [1.82, 2.24) is 10.5 Å². The zero-order valence-electron chi connectivity index (χ0n) is 11.5. The van der Waals surface area contributed by atoms with Gasteiger partial charge in [0.15, 0.2) is 5.82 Å². The van der Waals surface area contributed by atoms with Gasteiger partial charge in [-0.25, -0.2) is 9.18 Å². The van der Waals surface area contributed by atoms with Crippen molar-refractivity contribution in [3.05, 3.63) is 42.4 Å². The van der Waals surface area contributed by atoms with Gasteiger partial charge in [0.25, 0.3) is 0 Å². The molecule has 8 heteroatoms. The highest BCUT2D eigenvalue weighted by Gasteiger charge is 2.31. The van der Waals surface area contributed by atoms with E-state index in [1.165, 1.54) is 35.4 Å². The van der Waals surface area contributed by atoms with E-state index in [2.05, 4.69) is 20.3 Å². The summed E-state index contributed by atoms with van der Waals surface area (Å²) in [4.78, 5) is 25.2. The van der Waals surface area contributed by atoms with Crippen molar-refractivity contribution in [3.8, 4) is 0 Å². The van der Waals surface area contributed by atoms with E-state index < -0.39 is 11.8 Å². The maximum Gasteiger partial charge on any atom is 0.320 e. The highest BCUT2D eigenvalue weighted by atomic mass is 19.1. The Balaban J connectivity index is 1.61. The van der Waals surface area contributed by atoms with E-state index in [9.17, 15) is 14.0 Å². The smallest absolute Gasteiger partial charge is 0.320 e. The summed E-state index contributed by atoms with van der Waals surface area (Å²) in [6.07, 6.45) is 1.49. The topological polar surface area (TPSA) is 87.5 Å². The zero-order chi connectivity index (χ0) is 15.5. The second-order valence-electron chi connectivity index (χ2n) is 4.87. The van der Waals surface area contributed by atoms with E-state index in [-0.39, 0.29) is 30.7 Å². The number of aromatic nitrogens is 1. The number of benzene rings is 1. The molecule has 1 aliphatic heterocycles. The molecule has 1 aromatic carbocycles. The first-order chi connectivity index (χ1) is 10.6. The summed E-state index contributed by atoms with van der Waals surface area (Å²) in [6, 6.07) is 6.45. The number of nitrogens with zero attached hydrogens (tertiary/aromatic N) is 2. The van der Waals surface area contributed by atoms with E-state index in [1.54, 1.807) is 6.07 Å². The van der Waals surface area contributed by atoms with Crippen LogP contribution in [0.5, 0.6) is 0 Å². The minimum atomic E-state index is -0.479. The van der Waals surface area contributed by atoms with Gasteiger partial charge in [-0.15, -0.1) is 0 Å². The fraction of sp³-hybridized carbons (Fsp3) is 0.214. The molecule has 1 atom stereocenters. The minimum absolute atomic E-state index is 0.156. The van der Waals surface area contributed by atoms with Crippen molar-refractivity contribution >= 4 is 23.4 Å². The number of hydrogen-bond acceptors (Lipinski definition) is 4. The molecule has 2 N–H and O–H groups in total. The van der Waals surface area contributed by atoms with Gasteiger partial charge in [-0.1, -0.05) is 11.2 Å². The predicted octanol–water partition coefficient (Wildman–Crippen LogP) is 1.74. The third-order valence-corrected chi connectivity index (χ3v) is 3.26. The summed E-state index contributed by atoms with van der Waals surface area (Å²) < 4.78 is 17.8. The molecule has 2 heterocycles. The van der Waals surface area contributed by atoms with Crippen LogP contribution >= 0.6 is 0 Å². The Bertz CT molecular complexity index is 689. The normalized spacial score (nSPS) is 17.6. The second kappa shape index (κ2) is 5.84. The summed E-state index contributed by atoms with van der Waals surface area (Å²) in [7, 11) is 0. The number of nitrogens with one attached hydrogen (secondary N) is 2. The largest absolute Gasteiger partial charge is 0.363 e. The Labute approximate surface area is 125 Å². The first kappa shape index (κ1) is 14.1. The molecule has 0 bridgehead atoms. The predicted molar refractivity (Wildman–Crippen MR) is 75.8 cm³/mol. The van der Waals surface area contributed by atoms with E-state index in [0.29, 0.717) is 5.69 Å². The maximum atomic E-state index is 13.2. The molecule has 114 valence electrons. The number of hydrogen-bond donors (Lipinski definition) is 2. The van der Waals surface area contributed by atoms with Gasteiger partial charge in [-0.05, 0) is 18.2 Å². The van der Waals surface area contributed by atoms with Gasteiger partial charge in [0.1, 0.15) is 12.1 Å². The maximum absolute atomic E-state index is 13.2. The molecule has 1 aromatic heterocycles. The third kappa shape index (κ3) is 3.05. The Morgan fingerprint density at radius 3 is 3.00 bits per heavy atom. The average Bonchev–Trinajstić information content (AvgIpc) is 3.08. The van der Waals surface area contributed by atoms with Gasteiger partial charge in [0.05, 0.1) is 6.04 Å². The van der Waals surface area contributed by atoms with Crippen molar-refractivity contribution < 1.29 is 18.5 Å². The van der Waals surface area contributed by atoms with E-state index in [1.807, 2.05) is 0 Å². The summed E-state index contributed by atoms with van der Waals surface area (Å²) >= 11 is 0. The highest BCUT2D eigenvalue weighted by molar-refractivity contribution is 5.97. The molecule has 1 aliphatic rings. The molecule has 3 amide bonds. The zero-order valence-corrected chi connectivity index (χ0v) is 11.5. The molecule has 0 aliphatic carbocycles. The fourth-order valence-electron chi connectivity index (χ4n) is 2.31. The lowest BCUT2D eigenvalue weighted by Gasteiger charge is -2.17. The summed E-state index contributed by atoms with van der Waals surface area (Å²) in [5.74, 6) is -0.299. The Morgan fingerprint density at radius 1 is 1.41 bits per heavy atom. The molecule has 7 nitrogen and oxygen atoms in total. The molecular formula is C14H13FN4O3. The average molecular weight is 304 g/mol. The van der Waals surface area contributed by atoms with Crippen LogP contribution in [0.1, 0.15) is 6.42 Å². The van der Waals surface area contributed by atoms with Crippen molar-refractivity contribution in [2.24, 2.45) is 0 Å². The lowest BCUT2D eigenvalue weighted by atomic mass is 10.2. The Morgan fingerprint density at radius 2 is 2.27 bits per heavy atom. The first-order valence-electron chi connectivity index (χ1n) is 6.65. The fourth-order valence-corrected chi connectivity index (χ4v) is 2.31. The van der Waals surface area contributed by atoms with Gasteiger partial charge < -0.3 is 14.7 Å². The third-order valence-electron chi connectivity index (χ3n) is 3.26. The number of urea groups is 1. The molecule has 0 spiro atoms. The molecule has 3 rings (SSSR count). The van der Waals surface area contributed by atoms with E-state index in [4.69, 9.17) is 0 Å². The van der Waals surface area contributed by atoms with E-state index >= 15 is 0 Å². The number of halogens is 1. The number of carbonyl (C=O) groups is 2. The Kier molecular flexibility index (Phi) is 3.73. The van der Waals surface area contributed by atoms with Crippen LogP contribution in [-0.4, -0.2) is 29.7 Å². The number of carbonyl (C=O) groups excluding carboxylic acids is 2. The molecule has 2 aromatic rings. The van der Waals surface area contributed by atoms with Crippen molar-refractivity contribution in [1.29, 1.82) is 0 Å². The molecular weight excluding hydrogens is 291 g/mol. The van der Waals surface area contributed by atoms with Crippen molar-refractivity contribution in [2.75, 3.05) is 16.8 Å². The van der Waals surface area contributed by atoms with Crippen LogP contribution in [0.3, 0.4) is 0 Å². The lowest BCUT2D eigenvalue weighted by Crippen LogP contribution is -2.39. The van der Waals surface area contributed by atoms with E-state index in [0.717, 1.165) is 0 Å². The van der Waals surface area contributed by atoms with Crippen molar-refractivity contribution in [2.45, 2.75) is 12.5 Å². The van der Waals surface area contributed by atoms with Gasteiger partial charge in [0.2, 0.25) is 5.91 Å². The lowest BCUT2D eigenvalue weighted by molar-refractivity contribution is -0.117. The van der Waals surface area contributed by atoms with Crippen molar-refractivity contribution in [3.63, 3.8) is 0 Å².